The van der Waals surface area contributed by atoms with E-state index in [0.717, 1.165) is 12.0 Å². The molecule has 0 saturated heterocycles. The van der Waals surface area contributed by atoms with Crippen molar-refractivity contribution >= 4 is 6.09 Å². The number of nitrogens with two attached hydrogens (primary N) is 1. The SMILES string of the molecule is N[C@@H]1CC[C@@H](NC(=O)OCc2ccccc2)C[C@H]1O. The second-order valence-corrected chi connectivity index (χ2v) is 4.95. The minimum absolute atomic E-state index is 0.0573. The maximum absolute atomic E-state index is 11.6. The molecule has 1 aliphatic carbocycles. The molecule has 0 bridgehead atoms. The van der Waals surface area contributed by atoms with Crippen molar-refractivity contribution in [2.75, 3.05) is 0 Å². The molecule has 0 aliphatic heterocycles. The lowest BCUT2D eigenvalue weighted by Crippen LogP contribution is -2.48. The van der Waals surface area contributed by atoms with Crippen LogP contribution in [0.4, 0.5) is 4.79 Å². The molecule has 19 heavy (non-hydrogen) atoms. The number of hydrogen-bond donors (Lipinski definition) is 3. The van der Waals surface area contributed by atoms with E-state index in [4.69, 9.17) is 10.5 Å². The van der Waals surface area contributed by atoms with Gasteiger partial charge in [0.25, 0.3) is 0 Å². The molecule has 4 N–H and O–H groups in total. The average molecular weight is 264 g/mol. The fourth-order valence-electron chi connectivity index (χ4n) is 2.23. The van der Waals surface area contributed by atoms with Crippen molar-refractivity contribution in [3.8, 4) is 0 Å². The third-order valence-electron chi connectivity index (χ3n) is 3.40. The molecule has 1 aliphatic rings. The zero-order valence-electron chi connectivity index (χ0n) is 10.8. The van der Waals surface area contributed by atoms with Crippen LogP contribution in [-0.2, 0) is 11.3 Å². The summed E-state index contributed by atoms with van der Waals surface area (Å²) in [7, 11) is 0. The Hall–Kier alpha value is -1.59. The Labute approximate surface area is 112 Å². The molecular weight excluding hydrogens is 244 g/mol. The molecular formula is C14H20N2O3. The van der Waals surface area contributed by atoms with E-state index in [1.165, 1.54) is 0 Å². The van der Waals surface area contributed by atoms with E-state index in [9.17, 15) is 9.90 Å². The Kier molecular flexibility index (Phi) is 4.76. The minimum atomic E-state index is -0.548. The largest absolute Gasteiger partial charge is 0.445 e. The number of amides is 1. The molecule has 2 rings (SSSR count). The summed E-state index contributed by atoms with van der Waals surface area (Å²) in [5, 5.41) is 12.4. The zero-order chi connectivity index (χ0) is 13.7. The number of carbonyl (C=O) groups is 1. The van der Waals surface area contributed by atoms with Gasteiger partial charge < -0.3 is 20.9 Å². The summed E-state index contributed by atoms with van der Waals surface area (Å²) in [6, 6.07) is 9.27. The molecule has 104 valence electrons. The summed E-state index contributed by atoms with van der Waals surface area (Å²) in [5.74, 6) is 0. The Morgan fingerprint density at radius 3 is 2.79 bits per heavy atom. The van der Waals surface area contributed by atoms with E-state index in [1.54, 1.807) is 0 Å². The highest BCUT2D eigenvalue weighted by Gasteiger charge is 2.27. The lowest BCUT2D eigenvalue weighted by atomic mass is 9.89. The number of nitrogens with one attached hydrogen (secondary N) is 1. The highest BCUT2D eigenvalue weighted by Crippen LogP contribution is 2.17. The predicted molar refractivity (Wildman–Crippen MR) is 71.4 cm³/mol. The van der Waals surface area contributed by atoms with E-state index in [-0.39, 0.29) is 18.7 Å². The first kappa shape index (κ1) is 13.8. The highest BCUT2D eigenvalue weighted by molar-refractivity contribution is 5.67. The first-order chi connectivity index (χ1) is 9.15. The van der Waals surface area contributed by atoms with Gasteiger partial charge in [0.1, 0.15) is 6.61 Å². The summed E-state index contributed by atoms with van der Waals surface area (Å²) >= 11 is 0. The number of aliphatic hydroxyl groups excluding tert-OH is 1. The van der Waals surface area contributed by atoms with E-state index in [0.29, 0.717) is 12.8 Å². The van der Waals surface area contributed by atoms with Crippen molar-refractivity contribution in [2.45, 2.75) is 44.1 Å². The molecule has 0 radical (unpaired) electrons. The molecule has 0 unspecified atom stereocenters. The van der Waals surface area contributed by atoms with E-state index in [2.05, 4.69) is 5.32 Å². The number of carbonyl (C=O) groups excluding carboxylic acids is 1. The van der Waals surface area contributed by atoms with Gasteiger partial charge in [-0.3, -0.25) is 0 Å². The summed E-state index contributed by atoms with van der Waals surface area (Å²) in [6.45, 7) is 0.251. The Morgan fingerprint density at radius 1 is 1.37 bits per heavy atom. The Bertz CT molecular complexity index is 410. The highest BCUT2D eigenvalue weighted by atomic mass is 16.5. The van der Waals surface area contributed by atoms with Gasteiger partial charge in [0, 0.05) is 12.1 Å². The van der Waals surface area contributed by atoms with Crippen molar-refractivity contribution < 1.29 is 14.6 Å². The van der Waals surface area contributed by atoms with E-state index < -0.39 is 12.2 Å². The molecule has 1 fully saturated rings. The number of hydrogen-bond acceptors (Lipinski definition) is 4. The van der Waals surface area contributed by atoms with Crippen LogP contribution in [-0.4, -0.2) is 29.4 Å². The summed E-state index contributed by atoms with van der Waals surface area (Å²) in [5.41, 5.74) is 6.66. The van der Waals surface area contributed by atoms with Crippen LogP contribution in [0.25, 0.3) is 0 Å². The summed E-state index contributed by atoms with van der Waals surface area (Å²) in [6.07, 6.45) is 0.982. The van der Waals surface area contributed by atoms with Gasteiger partial charge in [0.05, 0.1) is 6.10 Å². The number of alkyl carbamates (subject to hydrolysis) is 1. The third-order valence-corrected chi connectivity index (χ3v) is 3.40. The van der Waals surface area contributed by atoms with E-state index >= 15 is 0 Å². The lowest BCUT2D eigenvalue weighted by molar-refractivity contribution is 0.0843. The fraction of sp³-hybridized carbons (Fsp3) is 0.500. The van der Waals surface area contributed by atoms with Gasteiger partial charge >= 0.3 is 6.09 Å². The molecule has 1 aromatic rings. The van der Waals surface area contributed by atoms with Gasteiger partial charge in [-0.15, -0.1) is 0 Å². The molecule has 5 nitrogen and oxygen atoms in total. The maximum Gasteiger partial charge on any atom is 0.407 e. The van der Waals surface area contributed by atoms with Crippen LogP contribution >= 0.6 is 0 Å². The zero-order valence-corrected chi connectivity index (χ0v) is 10.8. The van der Waals surface area contributed by atoms with Crippen LogP contribution in [0, 0.1) is 0 Å². The first-order valence-corrected chi connectivity index (χ1v) is 6.56. The minimum Gasteiger partial charge on any atom is -0.445 e. The second kappa shape index (κ2) is 6.54. The van der Waals surface area contributed by atoms with Gasteiger partial charge in [-0.25, -0.2) is 4.79 Å². The van der Waals surface area contributed by atoms with Crippen LogP contribution in [0.2, 0.25) is 0 Å². The van der Waals surface area contributed by atoms with Crippen LogP contribution < -0.4 is 11.1 Å². The molecule has 1 amide bonds. The standard InChI is InChI=1S/C14H20N2O3/c15-12-7-6-11(8-13(12)17)16-14(18)19-9-10-4-2-1-3-5-10/h1-5,11-13,17H,6-9,15H2,(H,16,18)/t11-,12-,13-/m1/s1. The van der Waals surface area contributed by atoms with Crippen LogP contribution in [0.3, 0.4) is 0 Å². The van der Waals surface area contributed by atoms with Gasteiger partial charge in [0.15, 0.2) is 0 Å². The van der Waals surface area contributed by atoms with Crippen molar-refractivity contribution in [2.24, 2.45) is 5.73 Å². The fourth-order valence-corrected chi connectivity index (χ4v) is 2.23. The van der Waals surface area contributed by atoms with Crippen molar-refractivity contribution in [3.05, 3.63) is 35.9 Å². The second-order valence-electron chi connectivity index (χ2n) is 4.95. The van der Waals surface area contributed by atoms with Crippen LogP contribution in [0.5, 0.6) is 0 Å². The number of aliphatic hydroxyl groups is 1. The Balaban J connectivity index is 1.73. The normalized spacial score (nSPS) is 26.7. The summed E-state index contributed by atoms with van der Waals surface area (Å²) < 4.78 is 5.13. The lowest BCUT2D eigenvalue weighted by Gasteiger charge is -2.30. The third kappa shape index (κ3) is 4.22. The molecule has 1 aromatic carbocycles. The predicted octanol–water partition coefficient (Wildman–Crippen LogP) is 1.15. The summed E-state index contributed by atoms with van der Waals surface area (Å²) in [4.78, 5) is 11.6. The van der Waals surface area contributed by atoms with Gasteiger partial charge in [-0.2, -0.15) is 0 Å². The smallest absolute Gasteiger partial charge is 0.407 e. The molecule has 0 aromatic heterocycles. The maximum atomic E-state index is 11.6. The van der Waals surface area contributed by atoms with Crippen molar-refractivity contribution in [3.63, 3.8) is 0 Å². The topological polar surface area (TPSA) is 84.6 Å². The van der Waals surface area contributed by atoms with Gasteiger partial charge in [-0.05, 0) is 24.8 Å². The molecule has 0 spiro atoms. The van der Waals surface area contributed by atoms with E-state index in [1.807, 2.05) is 30.3 Å². The van der Waals surface area contributed by atoms with Gasteiger partial charge in [-0.1, -0.05) is 30.3 Å². The van der Waals surface area contributed by atoms with Crippen molar-refractivity contribution in [1.82, 2.24) is 5.32 Å². The molecule has 3 atom stereocenters. The van der Waals surface area contributed by atoms with Crippen LogP contribution in [0.15, 0.2) is 30.3 Å². The molecule has 1 saturated carbocycles. The van der Waals surface area contributed by atoms with Crippen molar-refractivity contribution in [1.29, 1.82) is 0 Å². The van der Waals surface area contributed by atoms with Gasteiger partial charge in [0.2, 0.25) is 0 Å². The number of benzene rings is 1. The average Bonchev–Trinajstić information content (AvgIpc) is 2.42. The number of ether oxygens (including phenoxy) is 1. The quantitative estimate of drug-likeness (QED) is 0.764. The molecule has 0 heterocycles. The van der Waals surface area contributed by atoms with Crippen LogP contribution in [0.1, 0.15) is 24.8 Å². The first-order valence-electron chi connectivity index (χ1n) is 6.56. The molecule has 5 heteroatoms. The Morgan fingerprint density at radius 2 is 2.11 bits per heavy atom. The number of rotatable bonds is 3. The monoisotopic (exact) mass is 264 g/mol.